The van der Waals surface area contributed by atoms with E-state index in [0.717, 1.165) is 5.56 Å². The van der Waals surface area contributed by atoms with Gasteiger partial charge in [-0.05, 0) is 37.8 Å². The molecule has 22 heavy (non-hydrogen) atoms. The van der Waals surface area contributed by atoms with Gasteiger partial charge in [0.05, 0.1) is 18.7 Å². The summed E-state index contributed by atoms with van der Waals surface area (Å²) in [4.78, 5) is 28.1. The number of carbonyl (C=O) groups excluding carboxylic acids is 1. The minimum absolute atomic E-state index is 0.0775. The molecule has 0 N–H and O–H groups in total. The van der Waals surface area contributed by atoms with Gasteiger partial charge in [0.15, 0.2) is 5.16 Å². The number of thioether (sulfide) groups is 1. The van der Waals surface area contributed by atoms with E-state index in [0.29, 0.717) is 29.6 Å². The molecule has 0 aliphatic heterocycles. The summed E-state index contributed by atoms with van der Waals surface area (Å²) in [6, 6.07) is 8.58. The van der Waals surface area contributed by atoms with Gasteiger partial charge in [0.25, 0.3) is 5.56 Å². The van der Waals surface area contributed by atoms with Gasteiger partial charge in [-0.2, -0.15) is 0 Å². The molecule has 0 aliphatic carbocycles. The largest absolute Gasteiger partial charge is 0.462 e. The molecule has 0 unspecified atom stereocenters. The molecule has 0 aliphatic rings. The molecule has 0 fully saturated rings. The van der Waals surface area contributed by atoms with Crippen molar-refractivity contribution in [1.82, 2.24) is 9.55 Å². The van der Waals surface area contributed by atoms with Gasteiger partial charge in [-0.25, -0.2) is 9.78 Å². The molecule has 2 aromatic rings. The maximum absolute atomic E-state index is 12.1. The van der Waals surface area contributed by atoms with Crippen LogP contribution in [0.4, 0.5) is 0 Å². The zero-order valence-corrected chi connectivity index (χ0v) is 13.6. The maximum atomic E-state index is 12.1. The Morgan fingerprint density at radius 1 is 1.32 bits per heavy atom. The Labute approximate surface area is 133 Å². The number of nitrogens with zero attached hydrogens (tertiary/aromatic N) is 2. The first-order valence-electron chi connectivity index (χ1n) is 6.93. The fourth-order valence-corrected chi connectivity index (χ4v) is 2.65. The fourth-order valence-electron chi connectivity index (χ4n) is 2.04. The highest BCUT2D eigenvalue weighted by molar-refractivity contribution is 7.98. The lowest BCUT2D eigenvalue weighted by molar-refractivity contribution is 0.0526. The average molecular weight is 318 g/mol. The summed E-state index contributed by atoms with van der Waals surface area (Å²) in [5, 5.41) is 0.680. The van der Waals surface area contributed by atoms with Crippen LogP contribution >= 0.6 is 11.8 Å². The van der Waals surface area contributed by atoms with Crippen LogP contribution in [0.5, 0.6) is 0 Å². The van der Waals surface area contributed by atoms with E-state index in [1.807, 2.05) is 18.4 Å². The van der Waals surface area contributed by atoms with E-state index >= 15 is 0 Å². The monoisotopic (exact) mass is 318 g/mol. The van der Waals surface area contributed by atoms with E-state index < -0.39 is 0 Å². The summed E-state index contributed by atoms with van der Waals surface area (Å²) in [6.45, 7) is 4.35. The van der Waals surface area contributed by atoms with Crippen LogP contribution in [0.2, 0.25) is 0 Å². The lowest BCUT2D eigenvalue weighted by atomic mass is 10.1. The standard InChI is InChI=1S/C16H18N2O3S/c1-4-21-15(20)13-7-5-12(6-8-13)10-18-14(19)9-11(2)17-16(18)22-3/h5-9H,4,10H2,1-3H3. The third kappa shape index (κ3) is 3.76. The van der Waals surface area contributed by atoms with Gasteiger partial charge in [0.2, 0.25) is 0 Å². The summed E-state index contributed by atoms with van der Waals surface area (Å²) >= 11 is 1.44. The van der Waals surface area contributed by atoms with Crippen LogP contribution in [0.15, 0.2) is 40.3 Å². The van der Waals surface area contributed by atoms with Crippen molar-refractivity contribution in [3.05, 3.63) is 57.5 Å². The van der Waals surface area contributed by atoms with Crippen molar-refractivity contribution in [2.75, 3.05) is 12.9 Å². The third-order valence-electron chi connectivity index (χ3n) is 3.09. The molecule has 1 aromatic heterocycles. The topological polar surface area (TPSA) is 61.2 Å². The molecule has 0 bridgehead atoms. The Balaban J connectivity index is 2.25. The molecular formula is C16H18N2O3S. The Morgan fingerprint density at radius 2 is 2.00 bits per heavy atom. The fraction of sp³-hybridized carbons (Fsp3) is 0.312. The van der Waals surface area contributed by atoms with Gasteiger partial charge in [0.1, 0.15) is 0 Å². The summed E-state index contributed by atoms with van der Waals surface area (Å²) in [6.07, 6.45) is 1.89. The van der Waals surface area contributed by atoms with Crippen molar-refractivity contribution in [1.29, 1.82) is 0 Å². The number of hydrogen-bond donors (Lipinski definition) is 0. The number of benzene rings is 1. The van der Waals surface area contributed by atoms with Crippen molar-refractivity contribution >= 4 is 17.7 Å². The molecule has 0 saturated carbocycles. The number of hydrogen-bond acceptors (Lipinski definition) is 5. The van der Waals surface area contributed by atoms with Crippen LogP contribution in [-0.2, 0) is 11.3 Å². The van der Waals surface area contributed by atoms with Crippen LogP contribution in [-0.4, -0.2) is 28.4 Å². The Kier molecular flexibility index (Phi) is 5.38. The van der Waals surface area contributed by atoms with E-state index in [4.69, 9.17) is 4.74 Å². The Hall–Kier alpha value is -2.08. The summed E-state index contributed by atoms with van der Waals surface area (Å²) in [5.74, 6) is -0.340. The molecule has 0 atom stereocenters. The van der Waals surface area contributed by atoms with Gasteiger partial charge in [-0.15, -0.1) is 0 Å². The van der Waals surface area contributed by atoms with Gasteiger partial charge in [0, 0.05) is 11.8 Å². The first-order valence-corrected chi connectivity index (χ1v) is 8.16. The van der Waals surface area contributed by atoms with Gasteiger partial charge in [-0.3, -0.25) is 9.36 Å². The van der Waals surface area contributed by atoms with Gasteiger partial charge < -0.3 is 4.74 Å². The molecule has 1 heterocycles. The second kappa shape index (κ2) is 7.26. The van der Waals surface area contributed by atoms with Gasteiger partial charge in [-0.1, -0.05) is 23.9 Å². The van der Waals surface area contributed by atoms with Crippen LogP contribution < -0.4 is 5.56 Å². The zero-order valence-electron chi connectivity index (χ0n) is 12.8. The van der Waals surface area contributed by atoms with Crippen molar-refractivity contribution in [2.24, 2.45) is 0 Å². The number of aromatic nitrogens is 2. The normalized spacial score (nSPS) is 10.5. The first-order chi connectivity index (χ1) is 10.5. The van der Waals surface area contributed by atoms with Crippen LogP contribution in [0.1, 0.15) is 28.5 Å². The average Bonchev–Trinajstić information content (AvgIpc) is 2.50. The second-order valence-electron chi connectivity index (χ2n) is 4.73. The Bertz CT molecular complexity index is 723. The molecule has 116 valence electrons. The first kappa shape index (κ1) is 16.3. The van der Waals surface area contributed by atoms with Crippen LogP contribution in [0.25, 0.3) is 0 Å². The number of aryl methyl sites for hydroxylation is 1. The van der Waals surface area contributed by atoms with Crippen molar-refractivity contribution in [2.45, 2.75) is 25.5 Å². The lowest BCUT2D eigenvalue weighted by Crippen LogP contribution is -2.23. The molecule has 0 amide bonds. The quantitative estimate of drug-likeness (QED) is 0.481. The second-order valence-corrected chi connectivity index (χ2v) is 5.50. The molecule has 6 heteroatoms. The summed E-state index contributed by atoms with van der Waals surface area (Å²) < 4.78 is 6.57. The summed E-state index contributed by atoms with van der Waals surface area (Å²) in [5.41, 5.74) is 2.07. The molecule has 2 rings (SSSR count). The van der Waals surface area contributed by atoms with Gasteiger partial charge >= 0.3 is 5.97 Å². The molecule has 5 nitrogen and oxygen atoms in total. The Morgan fingerprint density at radius 3 is 2.59 bits per heavy atom. The van der Waals surface area contributed by atoms with E-state index in [-0.39, 0.29) is 11.5 Å². The smallest absolute Gasteiger partial charge is 0.338 e. The number of esters is 1. The number of ether oxygens (including phenoxy) is 1. The minimum Gasteiger partial charge on any atom is -0.462 e. The SMILES string of the molecule is CCOC(=O)c1ccc(Cn2c(SC)nc(C)cc2=O)cc1. The maximum Gasteiger partial charge on any atom is 0.338 e. The van der Waals surface area contributed by atoms with Crippen LogP contribution in [0, 0.1) is 6.92 Å². The predicted molar refractivity (Wildman–Crippen MR) is 86.5 cm³/mol. The molecule has 0 radical (unpaired) electrons. The lowest BCUT2D eigenvalue weighted by Gasteiger charge is -2.11. The highest BCUT2D eigenvalue weighted by atomic mass is 32.2. The molecule has 1 aromatic carbocycles. The van der Waals surface area contributed by atoms with Crippen molar-refractivity contribution in [3.8, 4) is 0 Å². The van der Waals surface area contributed by atoms with E-state index in [1.54, 1.807) is 30.5 Å². The van der Waals surface area contributed by atoms with Crippen molar-refractivity contribution < 1.29 is 9.53 Å². The highest BCUT2D eigenvalue weighted by Crippen LogP contribution is 2.13. The summed E-state index contributed by atoms with van der Waals surface area (Å²) in [7, 11) is 0. The third-order valence-corrected chi connectivity index (χ3v) is 3.77. The van der Waals surface area contributed by atoms with Crippen LogP contribution in [0.3, 0.4) is 0 Å². The molecule has 0 saturated heterocycles. The molecule has 0 spiro atoms. The molecular weight excluding hydrogens is 300 g/mol. The predicted octanol–water partition coefficient (Wildman–Crippen LogP) is 2.50. The highest BCUT2D eigenvalue weighted by Gasteiger charge is 2.09. The number of rotatable bonds is 5. The van der Waals surface area contributed by atoms with E-state index in [9.17, 15) is 9.59 Å². The van der Waals surface area contributed by atoms with E-state index in [2.05, 4.69) is 4.98 Å². The van der Waals surface area contributed by atoms with E-state index in [1.165, 1.54) is 17.8 Å². The minimum atomic E-state index is -0.340. The zero-order chi connectivity index (χ0) is 16.1. The number of carbonyl (C=O) groups is 1. The van der Waals surface area contributed by atoms with Crippen molar-refractivity contribution in [3.63, 3.8) is 0 Å².